The molecule has 1 atom stereocenters. The number of imidazole rings is 1. The monoisotopic (exact) mass is 313 g/mol. The summed E-state index contributed by atoms with van der Waals surface area (Å²) in [4.78, 5) is 30.4. The Hall–Kier alpha value is -2.24. The molecule has 0 radical (unpaired) electrons. The number of aromatic nitrogens is 4. The highest BCUT2D eigenvalue weighted by molar-refractivity contribution is 5.78. The van der Waals surface area contributed by atoms with E-state index >= 15 is 0 Å². The summed E-state index contributed by atoms with van der Waals surface area (Å²) in [6, 6.07) is 0. The first kappa shape index (κ1) is 15.6. The van der Waals surface area contributed by atoms with Crippen molar-refractivity contribution in [2.24, 2.45) is 11.8 Å². The van der Waals surface area contributed by atoms with Gasteiger partial charge >= 0.3 is 0 Å². The van der Waals surface area contributed by atoms with Crippen molar-refractivity contribution in [3.8, 4) is 11.5 Å². The molecule has 0 saturated carbocycles. The van der Waals surface area contributed by atoms with E-state index < -0.39 is 0 Å². The van der Waals surface area contributed by atoms with Gasteiger partial charge in [-0.15, -0.1) is 0 Å². The van der Waals surface area contributed by atoms with Gasteiger partial charge in [0.15, 0.2) is 5.82 Å². The molecule has 3 rings (SSSR count). The molecule has 122 valence electrons. The molecular formula is C17H23N5O. The fourth-order valence-electron chi connectivity index (χ4n) is 3.12. The van der Waals surface area contributed by atoms with Gasteiger partial charge in [0.05, 0.1) is 11.9 Å². The van der Waals surface area contributed by atoms with Gasteiger partial charge < -0.3 is 9.88 Å². The molecule has 1 saturated heterocycles. The van der Waals surface area contributed by atoms with Gasteiger partial charge in [-0.05, 0) is 25.2 Å². The maximum absolute atomic E-state index is 12.2. The van der Waals surface area contributed by atoms with E-state index in [1.807, 2.05) is 24.9 Å². The molecule has 0 aliphatic carbocycles. The number of likely N-dealkylation sites (tertiary alicyclic amines) is 1. The molecule has 6 nitrogen and oxygen atoms in total. The van der Waals surface area contributed by atoms with Crippen molar-refractivity contribution in [3.63, 3.8) is 0 Å². The standard InChI is InChI=1S/C17H23N5O/c1-12(2)17(23)22-7-3-4-13(11-22)8-14-9-18-10-15(21-14)16-19-5-6-20-16/h5-6,9-10,12-13H,3-4,7-8,11H2,1-2H3,(H,19,20). The third-order valence-electron chi connectivity index (χ3n) is 4.25. The van der Waals surface area contributed by atoms with Crippen molar-refractivity contribution in [3.05, 3.63) is 30.5 Å². The van der Waals surface area contributed by atoms with E-state index in [1.54, 1.807) is 18.6 Å². The third-order valence-corrected chi connectivity index (χ3v) is 4.25. The number of nitrogens with one attached hydrogen (secondary N) is 1. The minimum absolute atomic E-state index is 0.0656. The van der Waals surface area contributed by atoms with Crippen LogP contribution in [-0.2, 0) is 11.2 Å². The number of piperidine rings is 1. The predicted octanol–water partition coefficient (Wildman–Crippen LogP) is 2.30. The fraction of sp³-hybridized carbons (Fsp3) is 0.529. The van der Waals surface area contributed by atoms with Gasteiger partial charge in [0.1, 0.15) is 5.69 Å². The highest BCUT2D eigenvalue weighted by atomic mass is 16.2. The molecule has 6 heteroatoms. The number of amides is 1. The first-order chi connectivity index (χ1) is 11.1. The Morgan fingerprint density at radius 1 is 1.43 bits per heavy atom. The molecule has 1 amide bonds. The number of carbonyl (C=O) groups is 1. The maximum atomic E-state index is 12.2. The summed E-state index contributed by atoms with van der Waals surface area (Å²) in [6.45, 7) is 5.63. The maximum Gasteiger partial charge on any atom is 0.225 e. The van der Waals surface area contributed by atoms with Gasteiger partial charge in [0.25, 0.3) is 0 Å². The summed E-state index contributed by atoms with van der Waals surface area (Å²) in [7, 11) is 0. The van der Waals surface area contributed by atoms with Crippen molar-refractivity contribution < 1.29 is 4.79 Å². The number of carbonyl (C=O) groups excluding carboxylic acids is 1. The van der Waals surface area contributed by atoms with Crippen LogP contribution in [0.5, 0.6) is 0 Å². The lowest BCUT2D eigenvalue weighted by Crippen LogP contribution is -2.42. The number of H-pyrrole nitrogens is 1. The third kappa shape index (κ3) is 3.75. The van der Waals surface area contributed by atoms with Crippen LogP contribution >= 0.6 is 0 Å². The summed E-state index contributed by atoms with van der Waals surface area (Å²) < 4.78 is 0. The topological polar surface area (TPSA) is 74.8 Å². The fourth-order valence-corrected chi connectivity index (χ4v) is 3.12. The van der Waals surface area contributed by atoms with E-state index in [-0.39, 0.29) is 11.8 Å². The molecule has 2 aromatic rings. The average Bonchev–Trinajstić information content (AvgIpc) is 3.09. The molecule has 23 heavy (non-hydrogen) atoms. The van der Waals surface area contributed by atoms with E-state index in [0.29, 0.717) is 5.92 Å². The lowest BCUT2D eigenvalue weighted by atomic mass is 9.93. The van der Waals surface area contributed by atoms with Crippen molar-refractivity contribution in [1.82, 2.24) is 24.8 Å². The number of hydrogen-bond acceptors (Lipinski definition) is 4. The van der Waals surface area contributed by atoms with Gasteiger partial charge in [0, 0.05) is 37.6 Å². The van der Waals surface area contributed by atoms with Crippen molar-refractivity contribution >= 4 is 5.91 Å². The Kier molecular flexibility index (Phi) is 4.69. The Labute approximate surface area is 136 Å². The highest BCUT2D eigenvalue weighted by Gasteiger charge is 2.25. The second-order valence-corrected chi connectivity index (χ2v) is 6.48. The zero-order chi connectivity index (χ0) is 16.2. The Morgan fingerprint density at radius 3 is 3.04 bits per heavy atom. The lowest BCUT2D eigenvalue weighted by Gasteiger charge is -2.33. The SMILES string of the molecule is CC(C)C(=O)N1CCCC(Cc2cncc(-c3ncc[nH]3)n2)C1. The Morgan fingerprint density at radius 2 is 2.30 bits per heavy atom. The smallest absolute Gasteiger partial charge is 0.225 e. The summed E-state index contributed by atoms with van der Waals surface area (Å²) >= 11 is 0. The number of nitrogens with zero attached hydrogens (tertiary/aromatic N) is 4. The van der Waals surface area contributed by atoms with Gasteiger partial charge in [0.2, 0.25) is 5.91 Å². The van der Waals surface area contributed by atoms with Gasteiger partial charge in [-0.3, -0.25) is 9.78 Å². The van der Waals surface area contributed by atoms with Gasteiger partial charge in [-0.2, -0.15) is 0 Å². The summed E-state index contributed by atoms with van der Waals surface area (Å²) in [6.07, 6.45) is 10.1. The lowest BCUT2D eigenvalue weighted by molar-refractivity contribution is -0.136. The molecule has 0 bridgehead atoms. The molecule has 1 aliphatic heterocycles. The molecule has 3 heterocycles. The molecule has 1 N–H and O–H groups in total. The summed E-state index contributed by atoms with van der Waals surface area (Å²) in [5, 5.41) is 0. The first-order valence-electron chi connectivity index (χ1n) is 8.23. The Bertz CT molecular complexity index is 653. The van der Waals surface area contributed by atoms with Crippen LogP contribution in [0.15, 0.2) is 24.8 Å². The molecular weight excluding hydrogens is 290 g/mol. The quantitative estimate of drug-likeness (QED) is 0.940. The van der Waals surface area contributed by atoms with E-state index in [9.17, 15) is 4.79 Å². The minimum Gasteiger partial charge on any atom is -0.343 e. The zero-order valence-corrected chi connectivity index (χ0v) is 13.7. The van der Waals surface area contributed by atoms with E-state index in [2.05, 4.69) is 19.9 Å². The molecule has 2 aromatic heterocycles. The van der Waals surface area contributed by atoms with E-state index in [0.717, 1.165) is 49.6 Å². The minimum atomic E-state index is 0.0656. The average molecular weight is 313 g/mol. The highest BCUT2D eigenvalue weighted by Crippen LogP contribution is 2.22. The Balaban J connectivity index is 1.67. The predicted molar refractivity (Wildman–Crippen MR) is 87.5 cm³/mol. The zero-order valence-electron chi connectivity index (χ0n) is 13.7. The largest absolute Gasteiger partial charge is 0.343 e. The molecule has 1 fully saturated rings. The van der Waals surface area contributed by atoms with Crippen LogP contribution < -0.4 is 0 Å². The van der Waals surface area contributed by atoms with Crippen LogP contribution in [-0.4, -0.2) is 43.8 Å². The van der Waals surface area contributed by atoms with Crippen LogP contribution in [0.1, 0.15) is 32.4 Å². The number of aromatic amines is 1. The molecule has 1 aliphatic rings. The van der Waals surface area contributed by atoms with Gasteiger partial charge in [-0.1, -0.05) is 13.8 Å². The van der Waals surface area contributed by atoms with Crippen molar-refractivity contribution in [2.45, 2.75) is 33.1 Å². The van der Waals surface area contributed by atoms with Crippen LogP contribution in [0.2, 0.25) is 0 Å². The second-order valence-electron chi connectivity index (χ2n) is 6.48. The molecule has 0 spiro atoms. The van der Waals surface area contributed by atoms with Crippen LogP contribution in [0, 0.1) is 11.8 Å². The van der Waals surface area contributed by atoms with E-state index in [4.69, 9.17) is 0 Å². The summed E-state index contributed by atoms with van der Waals surface area (Å²) in [5.74, 6) is 1.51. The number of rotatable bonds is 4. The van der Waals surface area contributed by atoms with Crippen molar-refractivity contribution in [2.75, 3.05) is 13.1 Å². The van der Waals surface area contributed by atoms with Crippen LogP contribution in [0.25, 0.3) is 11.5 Å². The first-order valence-corrected chi connectivity index (χ1v) is 8.23. The van der Waals surface area contributed by atoms with Crippen LogP contribution in [0.3, 0.4) is 0 Å². The van der Waals surface area contributed by atoms with Gasteiger partial charge in [-0.25, -0.2) is 9.97 Å². The second kappa shape index (κ2) is 6.89. The molecule has 0 aromatic carbocycles. The number of hydrogen-bond donors (Lipinski definition) is 1. The summed E-state index contributed by atoms with van der Waals surface area (Å²) in [5.41, 5.74) is 1.72. The van der Waals surface area contributed by atoms with Crippen molar-refractivity contribution in [1.29, 1.82) is 0 Å². The molecule has 1 unspecified atom stereocenters. The normalized spacial score (nSPS) is 18.4. The van der Waals surface area contributed by atoms with E-state index in [1.165, 1.54) is 0 Å². The van der Waals surface area contributed by atoms with Crippen LogP contribution in [0.4, 0.5) is 0 Å².